The maximum absolute atomic E-state index is 12.8. The lowest BCUT2D eigenvalue weighted by atomic mass is 10.1. The lowest BCUT2D eigenvalue weighted by molar-refractivity contribution is -0.133. The van der Waals surface area contributed by atoms with Crippen molar-refractivity contribution in [3.63, 3.8) is 0 Å². The number of halogens is 2. The molecular weight excluding hydrogens is 461 g/mol. The van der Waals surface area contributed by atoms with Gasteiger partial charge in [0.2, 0.25) is 5.91 Å². The van der Waals surface area contributed by atoms with E-state index in [-0.39, 0.29) is 44.3 Å². The molecule has 0 saturated heterocycles. The van der Waals surface area contributed by atoms with Crippen LogP contribution in [0.1, 0.15) is 38.7 Å². The van der Waals surface area contributed by atoms with Crippen LogP contribution in [0.15, 0.2) is 41.3 Å². The zero-order chi connectivity index (χ0) is 22.8. The molecular formula is C22H25Cl2NO5S. The van der Waals surface area contributed by atoms with Gasteiger partial charge in [0, 0.05) is 19.0 Å². The zero-order valence-electron chi connectivity index (χ0n) is 17.6. The Kier molecular flexibility index (Phi) is 7.39. The summed E-state index contributed by atoms with van der Waals surface area (Å²) in [7, 11) is -2.74. The fourth-order valence-corrected chi connectivity index (χ4v) is 4.48. The highest BCUT2D eigenvalue weighted by Crippen LogP contribution is 2.34. The van der Waals surface area contributed by atoms with Gasteiger partial charge in [-0.15, -0.1) is 0 Å². The first-order valence-corrected chi connectivity index (χ1v) is 12.1. The van der Waals surface area contributed by atoms with Gasteiger partial charge in [-0.2, -0.15) is 8.42 Å². The molecule has 0 unspecified atom stereocenters. The monoisotopic (exact) mass is 485 g/mol. The molecule has 0 bridgehead atoms. The Hall–Kier alpha value is -1.96. The maximum Gasteiger partial charge on any atom is 0.339 e. The normalized spacial score (nSPS) is 13.9. The molecule has 2 aromatic rings. The second kappa shape index (κ2) is 9.67. The molecule has 31 heavy (non-hydrogen) atoms. The number of methoxy groups -OCH3 is 1. The smallest absolute Gasteiger partial charge is 0.339 e. The van der Waals surface area contributed by atoms with Crippen molar-refractivity contribution in [2.45, 2.75) is 50.6 Å². The number of hydrogen-bond donors (Lipinski definition) is 0. The molecule has 0 spiro atoms. The predicted octanol–water partition coefficient (Wildman–Crippen LogP) is 5.31. The Balaban J connectivity index is 1.86. The fourth-order valence-electron chi connectivity index (χ4n) is 3.15. The second-order valence-corrected chi connectivity index (χ2v) is 10.3. The summed E-state index contributed by atoms with van der Waals surface area (Å²) in [5, 5.41) is 0.349. The van der Waals surface area contributed by atoms with Crippen LogP contribution in [-0.4, -0.2) is 32.4 Å². The minimum absolute atomic E-state index is 0.0399. The Morgan fingerprint density at radius 1 is 1.10 bits per heavy atom. The van der Waals surface area contributed by atoms with Gasteiger partial charge in [-0.05, 0) is 54.7 Å². The topological polar surface area (TPSA) is 72.9 Å². The Bertz CT molecular complexity index is 1070. The van der Waals surface area contributed by atoms with E-state index in [1.165, 1.54) is 25.3 Å². The molecule has 1 aliphatic rings. The van der Waals surface area contributed by atoms with Crippen LogP contribution in [0, 0.1) is 5.92 Å². The number of rotatable bonds is 9. The summed E-state index contributed by atoms with van der Waals surface area (Å²) in [6.45, 7) is 4.40. The highest BCUT2D eigenvalue weighted by atomic mass is 35.5. The van der Waals surface area contributed by atoms with Crippen LogP contribution >= 0.6 is 23.2 Å². The van der Waals surface area contributed by atoms with Crippen LogP contribution in [0.3, 0.4) is 0 Å². The van der Waals surface area contributed by atoms with Gasteiger partial charge in [-0.3, -0.25) is 4.79 Å². The van der Waals surface area contributed by atoms with E-state index in [1.807, 2.05) is 18.7 Å². The van der Waals surface area contributed by atoms with Gasteiger partial charge in [0.15, 0.2) is 11.5 Å². The molecule has 9 heteroatoms. The van der Waals surface area contributed by atoms with Gasteiger partial charge in [-0.1, -0.05) is 43.1 Å². The molecule has 0 radical (unpaired) electrons. The third-order valence-electron chi connectivity index (χ3n) is 4.85. The average molecular weight is 486 g/mol. The van der Waals surface area contributed by atoms with Gasteiger partial charge >= 0.3 is 10.1 Å². The average Bonchev–Trinajstić information content (AvgIpc) is 3.52. The molecule has 3 rings (SSSR count). The lowest BCUT2D eigenvalue weighted by Crippen LogP contribution is -2.33. The molecule has 0 N–H and O–H groups in total. The largest absolute Gasteiger partial charge is 0.493 e. The molecule has 1 saturated carbocycles. The van der Waals surface area contributed by atoms with Crippen LogP contribution in [0.2, 0.25) is 10.0 Å². The van der Waals surface area contributed by atoms with Gasteiger partial charge in [-0.25, -0.2) is 0 Å². The third-order valence-corrected chi connectivity index (χ3v) is 6.82. The predicted molar refractivity (Wildman–Crippen MR) is 120 cm³/mol. The van der Waals surface area contributed by atoms with Crippen molar-refractivity contribution in [3.05, 3.63) is 52.0 Å². The molecule has 1 fully saturated rings. The Morgan fingerprint density at radius 3 is 2.39 bits per heavy atom. The second-order valence-electron chi connectivity index (χ2n) is 7.95. The van der Waals surface area contributed by atoms with Crippen molar-refractivity contribution >= 4 is 39.2 Å². The van der Waals surface area contributed by atoms with E-state index in [1.54, 1.807) is 18.2 Å². The van der Waals surface area contributed by atoms with E-state index in [2.05, 4.69) is 0 Å². The summed E-state index contributed by atoms with van der Waals surface area (Å²) in [5.41, 5.74) is 0.754. The minimum atomic E-state index is -4.17. The molecule has 1 amide bonds. The number of nitrogens with zero attached hydrogens (tertiary/aromatic N) is 1. The highest BCUT2D eigenvalue weighted by molar-refractivity contribution is 7.87. The van der Waals surface area contributed by atoms with E-state index in [4.69, 9.17) is 32.1 Å². The van der Waals surface area contributed by atoms with Crippen molar-refractivity contribution in [2.24, 2.45) is 5.92 Å². The maximum atomic E-state index is 12.8. The van der Waals surface area contributed by atoms with Crippen molar-refractivity contribution < 1.29 is 22.1 Å². The summed E-state index contributed by atoms with van der Waals surface area (Å²) in [5.74, 6) is 0.663. The minimum Gasteiger partial charge on any atom is -0.493 e. The first kappa shape index (κ1) is 23.7. The first-order valence-electron chi connectivity index (χ1n) is 9.96. The summed E-state index contributed by atoms with van der Waals surface area (Å²) in [6, 6.07) is 9.20. The van der Waals surface area contributed by atoms with Gasteiger partial charge in [0.05, 0.1) is 17.2 Å². The van der Waals surface area contributed by atoms with E-state index < -0.39 is 10.1 Å². The fraction of sp³-hybridized carbons (Fsp3) is 0.409. The number of ether oxygens (including phenoxy) is 1. The summed E-state index contributed by atoms with van der Waals surface area (Å²) >= 11 is 11.8. The number of carbonyl (C=O) groups excluding carboxylic acids is 1. The zero-order valence-corrected chi connectivity index (χ0v) is 19.9. The van der Waals surface area contributed by atoms with E-state index >= 15 is 0 Å². The van der Waals surface area contributed by atoms with Crippen LogP contribution < -0.4 is 8.92 Å². The van der Waals surface area contributed by atoms with Crippen LogP contribution in [0.25, 0.3) is 0 Å². The quantitative estimate of drug-likeness (QED) is 0.450. The number of carbonyl (C=O) groups is 1. The van der Waals surface area contributed by atoms with E-state index in [9.17, 15) is 13.2 Å². The molecule has 1 aliphatic carbocycles. The van der Waals surface area contributed by atoms with Gasteiger partial charge in [0.25, 0.3) is 0 Å². The number of hydrogen-bond acceptors (Lipinski definition) is 5. The molecule has 0 heterocycles. The summed E-state index contributed by atoms with van der Waals surface area (Å²) in [4.78, 5) is 14.4. The van der Waals surface area contributed by atoms with Crippen molar-refractivity contribution in [1.82, 2.24) is 4.90 Å². The standard InChI is InChI=1S/C22H25Cl2NO5S/c1-14(2)10-22(26)25(16-5-6-16)13-15-4-9-20(29-3)21(11-15)30-31(27,28)17-7-8-18(23)19(24)12-17/h4,7-9,11-12,14,16H,5-6,10,13H2,1-3H3. The van der Waals surface area contributed by atoms with Gasteiger partial charge < -0.3 is 13.8 Å². The molecule has 2 aromatic carbocycles. The molecule has 6 nitrogen and oxygen atoms in total. The van der Waals surface area contributed by atoms with Crippen LogP contribution in [0.5, 0.6) is 11.5 Å². The van der Waals surface area contributed by atoms with Crippen LogP contribution in [0.4, 0.5) is 0 Å². The van der Waals surface area contributed by atoms with E-state index in [0.717, 1.165) is 18.4 Å². The van der Waals surface area contributed by atoms with Crippen molar-refractivity contribution in [2.75, 3.05) is 7.11 Å². The number of amides is 1. The Morgan fingerprint density at radius 2 is 1.81 bits per heavy atom. The molecule has 0 aliphatic heterocycles. The first-order chi connectivity index (χ1) is 14.6. The molecule has 168 valence electrons. The lowest BCUT2D eigenvalue weighted by Gasteiger charge is -2.24. The van der Waals surface area contributed by atoms with E-state index in [0.29, 0.717) is 13.0 Å². The van der Waals surface area contributed by atoms with Crippen molar-refractivity contribution in [3.8, 4) is 11.5 Å². The highest BCUT2D eigenvalue weighted by Gasteiger charge is 2.33. The van der Waals surface area contributed by atoms with Crippen LogP contribution in [-0.2, 0) is 21.5 Å². The third kappa shape index (κ3) is 6.05. The summed E-state index contributed by atoms with van der Waals surface area (Å²) < 4.78 is 36.2. The molecule has 0 atom stereocenters. The summed E-state index contributed by atoms with van der Waals surface area (Å²) in [6.07, 6.45) is 2.44. The molecule has 0 aromatic heterocycles. The van der Waals surface area contributed by atoms with Gasteiger partial charge in [0.1, 0.15) is 4.90 Å². The Labute approximate surface area is 193 Å². The van der Waals surface area contributed by atoms with Crippen molar-refractivity contribution in [1.29, 1.82) is 0 Å². The SMILES string of the molecule is COc1ccc(CN(C(=O)CC(C)C)C2CC2)cc1OS(=O)(=O)c1ccc(Cl)c(Cl)c1. The number of benzene rings is 2.